The van der Waals surface area contributed by atoms with Crippen LogP contribution in [0.25, 0.3) is 0 Å². The van der Waals surface area contributed by atoms with Gasteiger partial charge in [0.25, 0.3) is 0 Å². The van der Waals surface area contributed by atoms with Crippen molar-refractivity contribution in [3.05, 3.63) is 11.6 Å². The van der Waals surface area contributed by atoms with Gasteiger partial charge in [0.05, 0.1) is 0 Å². The van der Waals surface area contributed by atoms with Crippen LogP contribution in [0.15, 0.2) is 11.6 Å². The second-order valence-electron chi connectivity index (χ2n) is 5.52. The average molecular weight is 251 g/mol. The summed E-state index contributed by atoms with van der Waals surface area (Å²) in [4.78, 5) is 11.6. The number of amides is 1. The summed E-state index contributed by atoms with van der Waals surface area (Å²) in [6, 6.07) is 0. The van der Waals surface area contributed by atoms with Crippen molar-refractivity contribution in [2.45, 2.75) is 77.6 Å². The van der Waals surface area contributed by atoms with Crippen LogP contribution in [0.1, 0.15) is 77.6 Å². The summed E-state index contributed by atoms with van der Waals surface area (Å²) in [5, 5.41) is 3.02. The van der Waals surface area contributed by atoms with Crippen LogP contribution in [0, 0.1) is 0 Å². The molecule has 0 aromatic rings. The van der Waals surface area contributed by atoms with Crippen LogP contribution in [0.4, 0.5) is 0 Å². The van der Waals surface area contributed by atoms with Crippen molar-refractivity contribution in [2.75, 3.05) is 6.54 Å². The Morgan fingerprint density at radius 2 is 1.56 bits per heavy atom. The van der Waals surface area contributed by atoms with Crippen molar-refractivity contribution in [1.29, 1.82) is 0 Å². The largest absolute Gasteiger partial charge is 0.356 e. The molecule has 2 heteroatoms. The second-order valence-corrected chi connectivity index (χ2v) is 5.52. The van der Waals surface area contributed by atoms with E-state index in [4.69, 9.17) is 0 Å². The van der Waals surface area contributed by atoms with Crippen molar-refractivity contribution in [1.82, 2.24) is 5.32 Å². The molecule has 0 aliphatic carbocycles. The summed E-state index contributed by atoms with van der Waals surface area (Å²) in [5.74, 6) is 0.231. The first-order chi connectivity index (χ1) is 8.79. The summed E-state index contributed by atoms with van der Waals surface area (Å²) < 4.78 is 0. The highest BCUT2D eigenvalue weighted by Crippen LogP contribution is 2.12. The van der Waals surface area contributed by atoms with Gasteiger partial charge in [0, 0.05) is 13.0 Å². The van der Waals surface area contributed by atoms with Crippen LogP contribution < -0.4 is 5.32 Å². The maximum absolute atomic E-state index is 11.6. The number of allylic oxidation sites excluding steroid dienone is 2. The first kappa shape index (κ1) is 15.3. The third-order valence-electron chi connectivity index (χ3n) is 3.67. The van der Waals surface area contributed by atoms with Gasteiger partial charge in [-0.15, -0.1) is 0 Å². The van der Waals surface area contributed by atoms with Crippen molar-refractivity contribution in [3.8, 4) is 0 Å². The van der Waals surface area contributed by atoms with Gasteiger partial charge < -0.3 is 5.32 Å². The van der Waals surface area contributed by atoms with Crippen LogP contribution >= 0.6 is 0 Å². The zero-order valence-electron chi connectivity index (χ0n) is 12.0. The van der Waals surface area contributed by atoms with E-state index in [-0.39, 0.29) is 5.91 Å². The Bertz CT molecular complexity index is 258. The molecule has 0 radical (unpaired) electrons. The first-order valence-electron chi connectivity index (χ1n) is 7.71. The molecule has 1 N–H and O–H groups in total. The summed E-state index contributed by atoms with van der Waals surface area (Å²) in [7, 11) is 0. The third kappa shape index (κ3) is 8.32. The molecule has 104 valence electrons. The lowest BCUT2D eigenvalue weighted by molar-refractivity contribution is -0.121. The highest BCUT2D eigenvalue weighted by Gasteiger charge is 2.01. The van der Waals surface area contributed by atoms with Crippen molar-refractivity contribution in [2.24, 2.45) is 0 Å². The molecule has 2 nitrogen and oxygen atoms in total. The fraction of sp³-hybridized carbons (Fsp3) is 0.812. The van der Waals surface area contributed by atoms with Gasteiger partial charge in [0.1, 0.15) is 0 Å². The minimum atomic E-state index is 0.231. The van der Waals surface area contributed by atoms with Gasteiger partial charge in [-0.25, -0.2) is 0 Å². The van der Waals surface area contributed by atoms with Gasteiger partial charge in [-0.1, -0.05) is 43.8 Å². The smallest absolute Gasteiger partial charge is 0.220 e. The summed E-state index contributed by atoms with van der Waals surface area (Å²) in [6.07, 6.45) is 15.5. The van der Waals surface area contributed by atoms with Gasteiger partial charge in [-0.3, -0.25) is 4.79 Å². The first-order valence-corrected chi connectivity index (χ1v) is 7.71. The fourth-order valence-electron chi connectivity index (χ4n) is 2.45. The van der Waals surface area contributed by atoms with Crippen LogP contribution in [0.2, 0.25) is 0 Å². The average Bonchev–Trinajstić information content (AvgIpc) is 2.34. The van der Waals surface area contributed by atoms with Crippen molar-refractivity contribution < 1.29 is 4.79 Å². The molecule has 0 fully saturated rings. The topological polar surface area (TPSA) is 29.1 Å². The normalized spacial score (nSPS) is 24.9. The minimum absolute atomic E-state index is 0.231. The molecule has 0 aromatic heterocycles. The van der Waals surface area contributed by atoms with E-state index >= 15 is 0 Å². The molecule has 0 bridgehead atoms. The van der Waals surface area contributed by atoms with E-state index in [1.807, 2.05) is 0 Å². The minimum Gasteiger partial charge on any atom is -0.356 e. The highest BCUT2D eigenvalue weighted by molar-refractivity contribution is 5.75. The number of carbonyl (C=O) groups is 1. The number of hydrogen-bond acceptors (Lipinski definition) is 1. The zero-order chi connectivity index (χ0) is 13.1. The number of nitrogens with one attached hydrogen (secondary N) is 1. The van der Waals surface area contributed by atoms with E-state index in [1.54, 1.807) is 0 Å². The maximum atomic E-state index is 11.6. The molecule has 0 saturated heterocycles. The number of hydrogen-bond donors (Lipinski definition) is 1. The third-order valence-corrected chi connectivity index (χ3v) is 3.67. The Labute approximate surface area is 112 Å². The molecular weight excluding hydrogens is 222 g/mol. The van der Waals surface area contributed by atoms with E-state index in [0.717, 1.165) is 25.8 Å². The lowest BCUT2D eigenvalue weighted by Gasteiger charge is -2.07. The summed E-state index contributed by atoms with van der Waals surface area (Å²) in [6.45, 7) is 3.06. The van der Waals surface area contributed by atoms with Gasteiger partial charge in [-0.2, -0.15) is 0 Å². The van der Waals surface area contributed by atoms with Crippen LogP contribution in [0.3, 0.4) is 0 Å². The Morgan fingerprint density at radius 1 is 0.889 bits per heavy atom. The van der Waals surface area contributed by atoms with Gasteiger partial charge in [0.2, 0.25) is 5.91 Å². The predicted octanol–water partition coefficient (Wildman–Crippen LogP) is 4.35. The molecular formula is C16H29NO. The van der Waals surface area contributed by atoms with Crippen molar-refractivity contribution >= 4 is 5.91 Å². The highest BCUT2D eigenvalue weighted by atomic mass is 16.1. The molecule has 1 aliphatic heterocycles. The monoisotopic (exact) mass is 251 g/mol. The van der Waals surface area contributed by atoms with Crippen molar-refractivity contribution in [3.63, 3.8) is 0 Å². The molecule has 1 heterocycles. The molecule has 0 saturated carbocycles. The van der Waals surface area contributed by atoms with Gasteiger partial charge in [-0.05, 0) is 39.0 Å². The van der Waals surface area contributed by atoms with Gasteiger partial charge in [0.15, 0.2) is 0 Å². The van der Waals surface area contributed by atoms with Gasteiger partial charge >= 0.3 is 0 Å². The Kier molecular flexibility index (Phi) is 8.62. The van der Waals surface area contributed by atoms with Crippen LogP contribution in [-0.4, -0.2) is 12.5 Å². The van der Waals surface area contributed by atoms with E-state index < -0.39 is 0 Å². The SMILES string of the molecule is C/C1=C/CCCCCCCCCNC(=O)CCC1. The molecule has 0 unspecified atom stereocenters. The summed E-state index contributed by atoms with van der Waals surface area (Å²) in [5.41, 5.74) is 1.45. The Morgan fingerprint density at radius 3 is 2.33 bits per heavy atom. The fourth-order valence-corrected chi connectivity index (χ4v) is 2.45. The molecule has 1 rings (SSSR count). The van der Waals surface area contributed by atoms with E-state index in [2.05, 4.69) is 18.3 Å². The molecule has 18 heavy (non-hydrogen) atoms. The second kappa shape index (κ2) is 10.2. The lowest BCUT2D eigenvalue weighted by atomic mass is 10.0. The Hall–Kier alpha value is -0.790. The molecule has 1 aliphatic rings. The lowest BCUT2D eigenvalue weighted by Crippen LogP contribution is -2.23. The standard InChI is InChI=1S/C16H29NO/c1-15-11-8-6-4-2-3-5-7-9-14-17-16(18)13-10-12-15/h11H,2-10,12-14H2,1H3,(H,17,18)/b15-11-. The van der Waals surface area contributed by atoms with E-state index in [0.29, 0.717) is 6.42 Å². The predicted molar refractivity (Wildman–Crippen MR) is 77.6 cm³/mol. The molecule has 0 spiro atoms. The van der Waals surface area contributed by atoms with E-state index in [1.165, 1.54) is 50.5 Å². The van der Waals surface area contributed by atoms with E-state index in [9.17, 15) is 4.79 Å². The maximum Gasteiger partial charge on any atom is 0.220 e. The number of rotatable bonds is 0. The zero-order valence-corrected chi connectivity index (χ0v) is 12.0. The summed E-state index contributed by atoms with van der Waals surface area (Å²) >= 11 is 0. The van der Waals surface area contributed by atoms with Crippen LogP contribution in [0.5, 0.6) is 0 Å². The Balaban J connectivity index is 2.29. The molecule has 0 atom stereocenters. The molecule has 0 aromatic carbocycles. The number of carbonyl (C=O) groups excluding carboxylic acids is 1. The molecule has 1 amide bonds. The van der Waals surface area contributed by atoms with Crippen LogP contribution in [-0.2, 0) is 4.79 Å². The quantitative estimate of drug-likeness (QED) is 0.637.